The van der Waals surface area contributed by atoms with Gasteiger partial charge in [0, 0.05) is 19.6 Å². The summed E-state index contributed by atoms with van der Waals surface area (Å²) in [5.74, 6) is 0.348. The van der Waals surface area contributed by atoms with Crippen molar-refractivity contribution >= 4 is 11.9 Å². The van der Waals surface area contributed by atoms with Gasteiger partial charge in [0.2, 0.25) is 0 Å². The third-order valence-electron chi connectivity index (χ3n) is 3.54. The molecular formula is C9H16N4O. The van der Waals surface area contributed by atoms with E-state index in [1.807, 2.05) is 7.05 Å². The largest absolute Gasteiger partial charge is 0.323 e. The van der Waals surface area contributed by atoms with Gasteiger partial charge in [-0.1, -0.05) is 0 Å². The predicted molar refractivity (Wildman–Crippen MR) is 53.5 cm³/mol. The highest BCUT2D eigenvalue weighted by molar-refractivity contribution is 6.08. The van der Waals surface area contributed by atoms with E-state index in [9.17, 15) is 4.79 Å². The molecule has 2 N–H and O–H groups in total. The molecule has 0 radical (unpaired) electrons. The molecule has 2 unspecified atom stereocenters. The van der Waals surface area contributed by atoms with Crippen molar-refractivity contribution < 1.29 is 4.79 Å². The third kappa shape index (κ3) is 0.987. The van der Waals surface area contributed by atoms with Gasteiger partial charge in [0.05, 0.1) is 0 Å². The van der Waals surface area contributed by atoms with Crippen LogP contribution in [0.4, 0.5) is 4.79 Å². The number of rotatable bonds is 0. The average molecular weight is 196 g/mol. The van der Waals surface area contributed by atoms with E-state index >= 15 is 0 Å². The van der Waals surface area contributed by atoms with Gasteiger partial charge in [0.25, 0.3) is 0 Å². The van der Waals surface area contributed by atoms with Crippen molar-refractivity contribution in [3.05, 3.63) is 0 Å². The van der Waals surface area contributed by atoms with Crippen molar-refractivity contribution in [2.75, 3.05) is 20.6 Å². The van der Waals surface area contributed by atoms with Gasteiger partial charge in [0.15, 0.2) is 0 Å². The van der Waals surface area contributed by atoms with Crippen LogP contribution in [0.25, 0.3) is 0 Å². The van der Waals surface area contributed by atoms with Crippen molar-refractivity contribution in [1.29, 1.82) is 5.41 Å². The Kier molecular flexibility index (Phi) is 1.82. The van der Waals surface area contributed by atoms with E-state index < -0.39 is 5.54 Å². The van der Waals surface area contributed by atoms with Crippen LogP contribution in [0.15, 0.2) is 0 Å². The molecule has 2 fully saturated rings. The third-order valence-corrected chi connectivity index (χ3v) is 3.54. The van der Waals surface area contributed by atoms with Crippen molar-refractivity contribution in [1.82, 2.24) is 15.1 Å². The zero-order chi connectivity index (χ0) is 10.5. The number of nitrogens with zero attached hydrogens (tertiary/aromatic N) is 2. The van der Waals surface area contributed by atoms with Crippen LogP contribution >= 0.6 is 0 Å². The second-order valence-corrected chi connectivity index (χ2v) is 4.36. The fourth-order valence-electron chi connectivity index (χ4n) is 2.37. The normalized spacial score (nSPS) is 38.5. The number of urea groups is 1. The summed E-state index contributed by atoms with van der Waals surface area (Å²) in [7, 11) is 3.80. The number of nitrogens with one attached hydrogen (secondary N) is 2. The highest BCUT2D eigenvalue weighted by Gasteiger charge is 2.53. The van der Waals surface area contributed by atoms with Crippen LogP contribution in [-0.4, -0.2) is 53.9 Å². The lowest BCUT2D eigenvalue weighted by Crippen LogP contribution is -2.49. The summed E-state index contributed by atoms with van der Waals surface area (Å²) in [6, 6.07) is 0.267. The summed E-state index contributed by atoms with van der Waals surface area (Å²) in [5, 5.41) is 10.4. The first-order valence-electron chi connectivity index (χ1n) is 4.81. The first kappa shape index (κ1) is 9.45. The SMILES string of the molecule is CC1CC2(CN1C)C(=N)NC(=O)N2C. The summed E-state index contributed by atoms with van der Waals surface area (Å²) in [4.78, 5) is 15.3. The van der Waals surface area contributed by atoms with Gasteiger partial charge < -0.3 is 9.80 Å². The number of hydrogen-bond donors (Lipinski definition) is 2. The number of likely N-dealkylation sites (N-methyl/N-ethyl adjacent to an activating group) is 2. The van der Waals surface area contributed by atoms with E-state index in [1.54, 1.807) is 11.9 Å². The van der Waals surface area contributed by atoms with E-state index in [1.165, 1.54) is 0 Å². The minimum Gasteiger partial charge on any atom is -0.313 e. The smallest absolute Gasteiger partial charge is 0.313 e. The minimum absolute atomic E-state index is 0.155. The van der Waals surface area contributed by atoms with Crippen molar-refractivity contribution in [2.45, 2.75) is 24.9 Å². The number of hydrogen-bond acceptors (Lipinski definition) is 3. The standard InChI is InChI=1S/C9H16N4O/c1-6-4-9(5-12(6)2)7(10)11-8(14)13(9)3/h6H,4-5H2,1-3H3,(H2,10,11,14). The molecule has 2 atom stereocenters. The molecule has 0 saturated carbocycles. The average Bonchev–Trinajstić information content (AvgIpc) is 2.50. The number of likely N-dealkylation sites (tertiary alicyclic amines) is 1. The van der Waals surface area contributed by atoms with Gasteiger partial charge in [-0.3, -0.25) is 10.7 Å². The maximum Gasteiger partial charge on any atom is 0.323 e. The Balaban J connectivity index is 2.33. The van der Waals surface area contributed by atoms with E-state index in [0.29, 0.717) is 11.9 Å². The molecule has 0 aliphatic carbocycles. The fraction of sp³-hybridized carbons (Fsp3) is 0.778. The summed E-state index contributed by atoms with van der Waals surface area (Å²) in [6.45, 7) is 2.88. The van der Waals surface area contributed by atoms with E-state index in [-0.39, 0.29) is 6.03 Å². The lowest BCUT2D eigenvalue weighted by atomic mass is 9.95. The summed E-state index contributed by atoms with van der Waals surface area (Å²) >= 11 is 0. The molecule has 0 bridgehead atoms. The fourth-order valence-corrected chi connectivity index (χ4v) is 2.37. The maximum atomic E-state index is 11.4. The van der Waals surface area contributed by atoms with Crippen LogP contribution < -0.4 is 5.32 Å². The predicted octanol–water partition coefficient (Wildman–Crippen LogP) is 0.0815. The van der Waals surface area contributed by atoms with E-state index in [0.717, 1.165) is 13.0 Å². The molecule has 0 aromatic heterocycles. The molecule has 2 saturated heterocycles. The molecule has 78 valence electrons. The van der Waals surface area contributed by atoms with Crippen LogP contribution in [0.2, 0.25) is 0 Å². The Hall–Kier alpha value is -1.10. The number of amidine groups is 1. The quantitative estimate of drug-likeness (QED) is 0.576. The molecule has 0 aromatic rings. The lowest BCUT2D eigenvalue weighted by molar-refractivity contribution is 0.193. The van der Waals surface area contributed by atoms with Crippen LogP contribution in [0.3, 0.4) is 0 Å². The number of amides is 2. The molecule has 2 rings (SSSR count). The topological polar surface area (TPSA) is 59.4 Å². The second kappa shape index (κ2) is 2.70. The van der Waals surface area contributed by atoms with Gasteiger partial charge in [-0.2, -0.15) is 0 Å². The van der Waals surface area contributed by atoms with Gasteiger partial charge in [0.1, 0.15) is 11.4 Å². The molecule has 2 aliphatic rings. The molecule has 2 amide bonds. The first-order valence-corrected chi connectivity index (χ1v) is 4.81. The zero-order valence-corrected chi connectivity index (χ0v) is 8.79. The first-order chi connectivity index (χ1) is 6.47. The van der Waals surface area contributed by atoms with Crippen LogP contribution in [0.5, 0.6) is 0 Å². The van der Waals surface area contributed by atoms with Gasteiger partial charge in [-0.05, 0) is 20.4 Å². The molecule has 1 spiro atoms. The Labute approximate surface area is 83.6 Å². The summed E-state index contributed by atoms with van der Waals surface area (Å²) in [6.07, 6.45) is 0.845. The summed E-state index contributed by atoms with van der Waals surface area (Å²) in [5.41, 5.74) is -0.398. The van der Waals surface area contributed by atoms with Crippen molar-refractivity contribution in [3.63, 3.8) is 0 Å². The Bertz CT molecular complexity index is 291. The van der Waals surface area contributed by atoms with Gasteiger partial charge in [-0.15, -0.1) is 0 Å². The van der Waals surface area contributed by atoms with Crippen LogP contribution in [0.1, 0.15) is 13.3 Å². The minimum atomic E-state index is -0.398. The summed E-state index contributed by atoms with van der Waals surface area (Å²) < 4.78 is 0. The molecule has 14 heavy (non-hydrogen) atoms. The van der Waals surface area contributed by atoms with Gasteiger partial charge >= 0.3 is 6.03 Å². The molecule has 2 aliphatic heterocycles. The molecular weight excluding hydrogens is 180 g/mol. The van der Waals surface area contributed by atoms with Crippen LogP contribution in [0, 0.1) is 5.41 Å². The monoisotopic (exact) mass is 196 g/mol. The molecule has 5 nitrogen and oxygen atoms in total. The van der Waals surface area contributed by atoms with Crippen molar-refractivity contribution in [3.8, 4) is 0 Å². The highest BCUT2D eigenvalue weighted by Crippen LogP contribution is 2.33. The Morgan fingerprint density at radius 1 is 1.57 bits per heavy atom. The van der Waals surface area contributed by atoms with Gasteiger partial charge in [-0.25, -0.2) is 4.79 Å². The Morgan fingerprint density at radius 2 is 2.21 bits per heavy atom. The Morgan fingerprint density at radius 3 is 2.57 bits per heavy atom. The molecule has 0 aromatic carbocycles. The second-order valence-electron chi connectivity index (χ2n) is 4.36. The number of carbonyl (C=O) groups is 1. The zero-order valence-electron chi connectivity index (χ0n) is 8.79. The van der Waals surface area contributed by atoms with Crippen LogP contribution in [-0.2, 0) is 0 Å². The number of carbonyl (C=O) groups excluding carboxylic acids is 1. The van der Waals surface area contributed by atoms with E-state index in [2.05, 4.69) is 17.1 Å². The highest BCUT2D eigenvalue weighted by atomic mass is 16.2. The lowest BCUT2D eigenvalue weighted by Gasteiger charge is -2.29. The van der Waals surface area contributed by atoms with Crippen molar-refractivity contribution in [2.24, 2.45) is 0 Å². The molecule has 5 heteroatoms. The van der Waals surface area contributed by atoms with E-state index in [4.69, 9.17) is 5.41 Å². The maximum absolute atomic E-state index is 11.4. The molecule has 2 heterocycles.